The summed E-state index contributed by atoms with van der Waals surface area (Å²) in [6.45, 7) is 0. The molecule has 0 unspecified atom stereocenters. The summed E-state index contributed by atoms with van der Waals surface area (Å²) in [5, 5.41) is 22.1. The van der Waals surface area contributed by atoms with Crippen molar-refractivity contribution in [3.05, 3.63) is 92.6 Å². The Labute approximate surface area is 193 Å². The molecule has 0 amide bonds. The first-order chi connectivity index (χ1) is 13.4. The van der Waals surface area contributed by atoms with E-state index in [2.05, 4.69) is 0 Å². The van der Waals surface area contributed by atoms with Gasteiger partial charge in [0.05, 0.1) is 23.1 Å². The van der Waals surface area contributed by atoms with E-state index in [9.17, 15) is 29.4 Å². The Bertz CT molecular complexity index is 1220. The first-order valence-corrected chi connectivity index (χ1v) is 7.85. The van der Waals surface area contributed by atoms with E-state index >= 15 is 0 Å². The van der Waals surface area contributed by atoms with Crippen LogP contribution in [0.1, 0.15) is 20.7 Å². The van der Waals surface area contributed by atoms with E-state index in [1.165, 1.54) is 12.1 Å². The van der Waals surface area contributed by atoms with Gasteiger partial charge in [-0.15, -0.1) is 0 Å². The van der Waals surface area contributed by atoms with Gasteiger partial charge in [0.1, 0.15) is 11.2 Å². The van der Waals surface area contributed by atoms with Crippen LogP contribution in [0.5, 0.6) is 0 Å². The molecule has 4 rings (SSSR count). The molecule has 0 bridgehead atoms. The Hall–Kier alpha value is -3.36. The number of carbonyl (C=O) groups excluding carboxylic acids is 2. The van der Waals surface area contributed by atoms with E-state index in [1.807, 2.05) is 0 Å². The Morgan fingerprint density at radius 3 is 1.29 bits per heavy atom. The summed E-state index contributed by atoms with van der Waals surface area (Å²) in [5.41, 5.74) is -1.95. The maximum atomic E-state index is 11.1. The molecule has 10 nitrogen and oxygen atoms in total. The van der Waals surface area contributed by atoms with Gasteiger partial charge in [0.15, 0.2) is 0 Å². The van der Waals surface area contributed by atoms with Crippen LogP contribution in [0.15, 0.2) is 79.1 Å². The van der Waals surface area contributed by atoms with Crippen molar-refractivity contribution in [1.29, 1.82) is 0 Å². The van der Waals surface area contributed by atoms with Crippen LogP contribution in [-0.4, -0.2) is 11.9 Å². The Morgan fingerprint density at radius 1 is 0.645 bits per heavy atom. The van der Waals surface area contributed by atoms with Gasteiger partial charge in [-0.05, 0) is 24.3 Å². The van der Waals surface area contributed by atoms with Crippen LogP contribution in [0.2, 0.25) is 0 Å². The smallest absolute Gasteiger partial charge is 0.545 e. The average molecular weight is 529 g/mol. The molecule has 0 aliphatic heterocycles. The molecule has 4 aromatic rings. The van der Waals surface area contributed by atoms with Gasteiger partial charge in [0.25, 0.3) is 0 Å². The zero-order valence-electron chi connectivity index (χ0n) is 15.9. The summed E-state index contributed by atoms with van der Waals surface area (Å²) < 4.78 is 9.56. The van der Waals surface area contributed by atoms with Crippen LogP contribution in [0.25, 0.3) is 21.9 Å². The number of rotatable bonds is 2. The normalized spacial score (nSPS) is 9.29. The number of carboxylic acid groups (broad SMARTS) is 2. The van der Waals surface area contributed by atoms with Crippen molar-refractivity contribution in [2.75, 3.05) is 0 Å². The van der Waals surface area contributed by atoms with Crippen LogP contribution in [0.3, 0.4) is 0 Å². The van der Waals surface area contributed by atoms with Crippen LogP contribution in [0.4, 0.5) is 0 Å². The van der Waals surface area contributed by atoms with Crippen molar-refractivity contribution < 1.29 is 66.9 Å². The molecule has 0 radical (unpaired) electrons. The monoisotopic (exact) mass is 530 g/mol. The van der Waals surface area contributed by atoms with E-state index in [1.54, 1.807) is 48.5 Å². The number of benzene rings is 2. The Balaban J connectivity index is 0.000000529. The number of aromatic carboxylic acids is 2. The van der Waals surface area contributed by atoms with Gasteiger partial charge in [0, 0.05) is 10.8 Å². The molecule has 0 spiro atoms. The van der Waals surface area contributed by atoms with Gasteiger partial charge in [-0.2, -0.15) is 0 Å². The summed E-state index contributed by atoms with van der Waals surface area (Å²) in [6.07, 6.45) is 0. The quantitative estimate of drug-likeness (QED) is 0.169. The van der Waals surface area contributed by atoms with Crippen LogP contribution < -0.4 is 21.5 Å². The molecule has 11 heteroatoms. The van der Waals surface area contributed by atoms with E-state index < -0.39 is 34.3 Å². The maximum Gasteiger partial charge on any atom is 2.00 e. The summed E-state index contributed by atoms with van der Waals surface area (Å²) in [4.78, 5) is 43.2. The van der Waals surface area contributed by atoms with Gasteiger partial charge in [-0.1, -0.05) is 36.4 Å². The predicted molar refractivity (Wildman–Crippen MR) is 103 cm³/mol. The second kappa shape index (κ2) is 11.7. The number of carboxylic acids is 2. The molecule has 6 N–H and O–H groups in total. The molecular formula is C20H16CdO10+2. The third-order valence-corrected chi connectivity index (χ3v) is 3.72. The van der Waals surface area contributed by atoms with E-state index in [0.717, 1.165) is 0 Å². The van der Waals surface area contributed by atoms with Crippen LogP contribution in [0, 0.1) is 0 Å². The number of hydrogen-bond acceptors (Lipinski definition) is 8. The van der Waals surface area contributed by atoms with Crippen molar-refractivity contribution in [1.82, 2.24) is 0 Å². The zero-order valence-corrected chi connectivity index (χ0v) is 19.9. The summed E-state index contributed by atoms with van der Waals surface area (Å²) in [5.74, 6) is -3.05. The molecule has 0 saturated carbocycles. The van der Waals surface area contributed by atoms with Crippen molar-refractivity contribution in [3.63, 3.8) is 0 Å². The maximum absolute atomic E-state index is 11.1. The van der Waals surface area contributed by atoms with Gasteiger partial charge in [-0.25, -0.2) is 9.59 Å². The second-order valence-electron chi connectivity index (χ2n) is 5.55. The minimum atomic E-state index is -1.52. The molecule has 156 valence electrons. The molecule has 0 saturated heterocycles. The second-order valence-corrected chi connectivity index (χ2v) is 5.55. The molecule has 31 heavy (non-hydrogen) atoms. The minimum Gasteiger partial charge on any atom is -0.545 e. The topological polar surface area (TPSA) is 207 Å². The fraction of sp³-hybridized carbons (Fsp3) is 0. The molecule has 0 aliphatic rings. The average Bonchev–Trinajstić information content (AvgIpc) is 2.67. The molecule has 0 fully saturated rings. The van der Waals surface area contributed by atoms with Gasteiger partial charge in [0.2, 0.25) is 0 Å². The van der Waals surface area contributed by atoms with E-state index in [0.29, 0.717) is 21.9 Å². The van der Waals surface area contributed by atoms with Crippen molar-refractivity contribution in [2.45, 2.75) is 0 Å². The summed E-state index contributed by atoms with van der Waals surface area (Å²) in [7, 11) is 0. The Morgan fingerprint density at radius 2 is 0.968 bits per heavy atom. The molecule has 2 aromatic carbocycles. The van der Waals surface area contributed by atoms with Crippen molar-refractivity contribution >= 4 is 33.9 Å². The zero-order chi connectivity index (χ0) is 20.3. The predicted octanol–water partition coefficient (Wildman–Crippen LogP) is -1.53. The van der Waals surface area contributed by atoms with Gasteiger partial charge in [-0.3, -0.25) is 0 Å². The van der Waals surface area contributed by atoms with Gasteiger partial charge >= 0.3 is 38.5 Å². The molecular weight excluding hydrogens is 513 g/mol. The molecule has 0 aliphatic carbocycles. The number of fused-ring (bicyclic) bond motifs is 2. The van der Waals surface area contributed by atoms with E-state index in [4.69, 9.17) is 8.83 Å². The fourth-order valence-electron chi connectivity index (χ4n) is 2.41. The third kappa shape index (κ3) is 6.31. The SMILES string of the molecule is O=C([O-])c1cc2ccccc2oc1=O.O=C([O-])c1cc2ccccc2oc1=O.[Cd+2].[OH3+].[OH3+]. The Kier molecular flexibility index (Phi) is 10.5. The van der Waals surface area contributed by atoms with E-state index in [-0.39, 0.29) is 38.3 Å². The largest absolute Gasteiger partial charge is 2.00 e. The summed E-state index contributed by atoms with van der Waals surface area (Å²) in [6, 6.07) is 15.8. The first-order valence-electron chi connectivity index (χ1n) is 7.85. The van der Waals surface area contributed by atoms with Crippen molar-refractivity contribution in [3.8, 4) is 0 Å². The standard InChI is InChI=1S/2C10H6O4.Cd.2H2O/c2*11-9(12)7-5-6-3-1-2-4-8(6)14-10(7)13;;;/h2*1-5H,(H,11,12);;2*1H2/q;;+2;;. The number of carbonyl (C=O) groups is 2. The number of hydrogen-bond donors (Lipinski definition) is 0. The number of para-hydroxylation sites is 2. The van der Waals surface area contributed by atoms with Crippen LogP contribution in [-0.2, 0) is 38.3 Å². The molecule has 2 heterocycles. The van der Waals surface area contributed by atoms with Crippen molar-refractivity contribution in [2.24, 2.45) is 0 Å². The minimum absolute atomic E-state index is 0. The summed E-state index contributed by atoms with van der Waals surface area (Å²) >= 11 is 0. The molecule has 2 aromatic heterocycles. The van der Waals surface area contributed by atoms with Crippen LogP contribution >= 0.6 is 0 Å². The molecule has 0 atom stereocenters. The fourth-order valence-corrected chi connectivity index (χ4v) is 2.41. The third-order valence-electron chi connectivity index (χ3n) is 3.72. The van der Waals surface area contributed by atoms with Gasteiger partial charge < -0.3 is 39.6 Å². The first kappa shape index (κ1) is 27.6.